The Morgan fingerprint density at radius 2 is 1.95 bits per heavy atom. The van der Waals surface area contributed by atoms with E-state index >= 15 is 0 Å². The van der Waals surface area contributed by atoms with Crippen LogP contribution in [0.25, 0.3) is 0 Å². The highest BCUT2D eigenvalue weighted by molar-refractivity contribution is 5.97. The molecule has 5 nitrogen and oxygen atoms in total. The number of carbonyl (C=O) groups excluding carboxylic acids is 2. The number of hydrogen-bond acceptors (Lipinski definition) is 3. The second-order valence-electron chi connectivity index (χ2n) is 5.13. The molecule has 1 saturated heterocycles. The molecular formula is C15H21N3O2. The van der Waals surface area contributed by atoms with E-state index in [1.165, 1.54) is 0 Å². The fourth-order valence-corrected chi connectivity index (χ4v) is 2.26. The molecule has 2 amide bonds. The number of carbonyl (C=O) groups is 2. The van der Waals surface area contributed by atoms with Gasteiger partial charge in [-0.15, -0.1) is 0 Å². The lowest BCUT2D eigenvalue weighted by atomic mass is 10.1. The van der Waals surface area contributed by atoms with Crippen molar-refractivity contribution < 1.29 is 9.59 Å². The zero-order valence-electron chi connectivity index (χ0n) is 12.0. The fraction of sp³-hybridized carbons (Fsp3) is 0.467. The van der Waals surface area contributed by atoms with Gasteiger partial charge < -0.3 is 15.5 Å². The van der Waals surface area contributed by atoms with Gasteiger partial charge in [0.05, 0.1) is 6.54 Å². The van der Waals surface area contributed by atoms with Crippen molar-refractivity contribution in [3.8, 4) is 0 Å². The molecule has 20 heavy (non-hydrogen) atoms. The minimum Gasteiger partial charge on any atom is -0.343 e. The predicted molar refractivity (Wildman–Crippen MR) is 77.7 cm³/mol. The third kappa shape index (κ3) is 3.57. The lowest BCUT2D eigenvalue weighted by Gasteiger charge is -2.27. The highest BCUT2D eigenvalue weighted by Gasteiger charge is 2.17. The van der Waals surface area contributed by atoms with Crippen molar-refractivity contribution in [2.45, 2.75) is 13.8 Å². The van der Waals surface area contributed by atoms with Crippen molar-refractivity contribution in [1.82, 2.24) is 15.5 Å². The SMILES string of the molecule is Cc1ccc(C)c(C(=O)NCC(=O)N2CCNCC2)c1. The summed E-state index contributed by atoms with van der Waals surface area (Å²) in [6, 6.07) is 5.74. The molecule has 1 aromatic rings. The first-order valence-corrected chi connectivity index (χ1v) is 6.92. The van der Waals surface area contributed by atoms with Gasteiger partial charge in [0.2, 0.25) is 5.91 Å². The monoisotopic (exact) mass is 275 g/mol. The van der Waals surface area contributed by atoms with E-state index in [1.54, 1.807) is 4.90 Å². The smallest absolute Gasteiger partial charge is 0.251 e. The molecule has 1 aliphatic heterocycles. The molecule has 0 saturated carbocycles. The van der Waals surface area contributed by atoms with E-state index in [4.69, 9.17) is 0 Å². The molecule has 1 aromatic carbocycles. The molecule has 0 unspecified atom stereocenters. The minimum atomic E-state index is -0.185. The summed E-state index contributed by atoms with van der Waals surface area (Å²) in [4.78, 5) is 25.9. The number of piperazine rings is 1. The van der Waals surface area contributed by atoms with Gasteiger partial charge in [-0.3, -0.25) is 9.59 Å². The predicted octanol–water partition coefficient (Wildman–Crippen LogP) is 0.465. The topological polar surface area (TPSA) is 61.4 Å². The number of aryl methyl sites for hydroxylation is 2. The van der Waals surface area contributed by atoms with Crippen LogP contribution in [0.3, 0.4) is 0 Å². The van der Waals surface area contributed by atoms with Crippen LogP contribution in [0.1, 0.15) is 21.5 Å². The third-order valence-electron chi connectivity index (χ3n) is 3.51. The Hall–Kier alpha value is -1.88. The molecule has 0 aliphatic carbocycles. The van der Waals surface area contributed by atoms with Gasteiger partial charge in [-0.1, -0.05) is 17.7 Å². The van der Waals surface area contributed by atoms with E-state index in [-0.39, 0.29) is 18.4 Å². The van der Waals surface area contributed by atoms with Crippen molar-refractivity contribution in [3.05, 3.63) is 34.9 Å². The molecule has 5 heteroatoms. The summed E-state index contributed by atoms with van der Waals surface area (Å²) >= 11 is 0. The maximum absolute atomic E-state index is 12.1. The number of amides is 2. The highest BCUT2D eigenvalue weighted by atomic mass is 16.2. The van der Waals surface area contributed by atoms with Gasteiger partial charge in [0.15, 0.2) is 0 Å². The Morgan fingerprint density at radius 1 is 1.25 bits per heavy atom. The first-order valence-electron chi connectivity index (χ1n) is 6.92. The van der Waals surface area contributed by atoms with Crippen LogP contribution >= 0.6 is 0 Å². The van der Waals surface area contributed by atoms with Crippen LogP contribution in [-0.2, 0) is 4.79 Å². The molecule has 2 rings (SSSR count). The van der Waals surface area contributed by atoms with Crippen molar-refractivity contribution >= 4 is 11.8 Å². The summed E-state index contributed by atoms with van der Waals surface area (Å²) < 4.78 is 0. The van der Waals surface area contributed by atoms with E-state index in [2.05, 4.69) is 10.6 Å². The summed E-state index contributed by atoms with van der Waals surface area (Å²) in [6.07, 6.45) is 0. The summed E-state index contributed by atoms with van der Waals surface area (Å²) in [7, 11) is 0. The highest BCUT2D eigenvalue weighted by Crippen LogP contribution is 2.10. The van der Waals surface area contributed by atoms with Gasteiger partial charge in [-0.2, -0.15) is 0 Å². The minimum absolute atomic E-state index is 0.0230. The maximum Gasteiger partial charge on any atom is 0.251 e. The van der Waals surface area contributed by atoms with Gasteiger partial charge in [-0.05, 0) is 25.5 Å². The number of benzene rings is 1. The van der Waals surface area contributed by atoms with Gasteiger partial charge >= 0.3 is 0 Å². The van der Waals surface area contributed by atoms with Crippen LogP contribution in [0, 0.1) is 13.8 Å². The molecule has 1 heterocycles. The van der Waals surface area contributed by atoms with Crippen LogP contribution in [0.2, 0.25) is 0 Å². The first kappa shape index (κ1) is 14.5. The fourth-order valence-electron chi connectivity index (χ4n) is 2.26. The molecular weight excluding hydrogens is 254 g/mol. The van der Waals surface area contributed by atoms with Crippen LogP contribution in [-0.4, -0.2) is 49.4 Å². The summed E-state index contributed by atoms with van der Waals surface area (Å²) in [6.45, 7) is 6.95. The van der Waals surface area contributed by atoms with Crippen molar-refractivity contribution in [1.29, 1.82) is 0 Å². The Bertz CT molecular complexity index is 508. The number of nitrogens with zero attached hydrogens (tertiary/aromatic N) is 1. The number of nitrogens with one attached hydrogen (secondary N) is 2. The van der Waals surface area contributed by atoms with Crippen LogP contribution in [0.4, 0.5) is 0 Å². The molecule has 2 N–H and O–H groups in total. The molecule has 0 atom stereocenters. The lowest BCUT2D eigenvalue weighted by molar-refractivity contribution is -0.130. The lowest BCUT2D eigenvalue weighted by Crippen LogP contribution is -2.49. The summed E-state index contributed by atoms with van der Waals surface area (Å²) in [5.41, 5.74) is 2.59. The van der Waals surface area contributed by atoms with E-state index in [0.717, 1.165) is 24.2 Å². The van der Waals surface area contributed by atoms with Crippen molar-refractivity contribution in [3.63, 3.8) is 0 Å². The average molecular weight is 275 g/mol. The zero-order valence-corrected chi connectivity index (χ0v) is 12.0. The first-order chi connectivity index (χ1) is 9.58. The molecule has 1 fully saturated rings. The maximum atomic E-state index is 12.1. The van der Waals surface area contributed by atoms with Gasteiger partial charge in [0.1, 0.15) is 0 Å². The Balaban J connectivity index is 1.91. The Labute approximate surface area is 119 Å². The molecule has 0 spiro atoms. The Kier molecular flexibility index (Phi) is 4.74. The molecule has 1 aliphatic rings. The van der Waals surface area contributed by atoms with Crippen LogP contribution < -0.4 is 10.6 Å². The van der Waals surface area contributed by atoms with E-state index in [0.29, 0.717) is 18.7 Å². The molecule has 0 radical (unpaired) electrons. The Morgan fingerprint density at radius 3 is 2.65 bits per heavy atom. The normalized spacial score (nSPS) is 15.0. The second-order valence-corrected chi connectivity index (χ2v) is 5.13. The average Bonchev–Trinajstić information content (AvgIpc) is 2.47. The van der Waals surface area contributed by atoms with E-state index < -0.39 is 0 Å². The summed E-state index contributed by atoms with van der Waals surface area (Å²) in [5, 5.41) is 5.91. The van der Waals surface area contributed by atoms with Crippen LogP contribution in [0.15, 0.2) is 18.2 Å². The van der Waals surface area contributed by atoms with Crippen molar-refractivity contribution in [2.75, 3.05) is 32.7 Å². The largest absolute Gasteiger partial charge is 0.343 e. The van der Waals surface area contributed by atoms with E-state index in [9.17, 15) is 9.59 Å². The quantitative estimate of drug-likeness (QED) is 0.843. The van der Waals surface area contributed by atoms with Crippen LogP contribution in [0.5, 0.6) is 0 Å². The van der Waals surface area contributed by atoms with Gasteiger partial charge in [0.25, 0.3) is 5.91 Å². The number of hydrogen-bond donors (Lipinski definition) is 2. The summed E-state index contributed by atoms with van der Waals surface area (Å²) in [5.74, 6) is -0.208. The van der Waals surface area contributed by atoms with Gasteiger partial charge in [0, 0.05) is 31.7 Å². The standard InChI is InChI=1S/C15H21N3O2/c1-11-3-4-12(2)13(9-11)15(20)17-10-14(19)18-7-5-16-6-8-18/h3-4,9,16H,5-8,10H2,1-2H3,(H,17,20). The second kappa shape index (κ2) is 6.52. The third-order valence-corrected chi connectivity index (χ3v) is 3.51. The molecule has 108 valence electrons. The molecule has 0 aromatic heterocycles. The van der Waals surface area contributed by atoms with Gasteiger partial charge in [-0.25, -0.2) is 0 Å². The van der Waals surface area contributed by atoms with E-state index in [1.807, 2.05) is 32.0 Å². The van der Waals surface area contributed by atoms with Crippen molar-refractivity contribution in [2.24, 2.45) is 0 Å². The zero-order chi connectivity index (χ0) is 14.5. The molecule has 0 bridgehead atoms. The number of rotatable bonds is 3.